The summed E-state index contributed by atoms with van der Waals surface area (Å²) in [4.78, 5) is 0. The van der Waals surface area contributed by atoms with Gasteiger partial charge in [-0.25, -0.2) is 8.78 Å². The summed E-state index contributed by atoms with van der Waals surface area (Å²) in [5, 5.41) is 0. The van der Waals surface area contributed by atoms with E-state index in [1.165, 1.54) is 7.11 Å². The maximum Gasteiger partial charge on any atom is 0.271 e. The third-order valence-electron chi connectivity index (χ3n) is 2.50. The fraction of sp³-hybridized carbons (Fsp3) is 0.455. The van der Waals surface area contributed by atoms with Crippen LogP contribution in [0, 0.1) is 0 Å². The number of methoxy groups -OCH3 is 1. The largest absolute Gasteiger partial charge is 0.368 e. The highest BCUT2D eigenvalue weighted by molar-refractivity contribution is 5.23. The Morgan fingerprint density at radius 3 is 2.21 bits per heavy atom. The summed E-state index contributed by atoms with van der Waals surface area (Å²) in [5.41, 5.74) is -0.929. The van der Waals surface area contributed by atoms with Gasteiger partial charge in [-0.2, -0.15) is 0 Å². The maximum absolute atomic E-state index is 12.9. The standard InChI is InChI=1S/C11H14F2O/c1-3-11(14-2,10(12)13)9-7-5-4-6-8-9/h4-8,10H,3H2,1-2H3. The van der Waals surface area contributed by atoms with Crippen LogP contribution in [0.3, 0.4) is 0 Å². The lowest BCUT2D eigenvalue weighted by molar-refractivity contribution is -0.129. The van der Waals surface area contributed by atoms with Crippen LogP contribution in [0.5, 0.6) is 0 Å². The number of rotatable bonds is 4. The molecule has 3 heteroatoms. The van der Waals surface area contributed by atoms with Crippen molar-refractivity contribution in [1.29, 1.82) is 0 Å². The molecular formula is C11H14F2O. The molecule has 0 aromatic heterocycles. The highest BCUT2D eigenvalue weighted by Crippen LogP contribution is 2.34. The Morgan fingerprint density at radius 2 is 1.86 bits per heavy atom. The molecule has 0 radical (unpaired) electrons. The Morgan fingerprint density at radius 1 is 1.29 bits per heavy atom. The minimum atomic E-state index is -2.51. The summed E-state index contributed by atoms with van der Waals surface area (Å²) < 4.78 is 30.8. The van der Waals surface area contributed by atoms with Gasteiger partial charge in [0, 0.05) is 7.11 Å². The van der Waals surface area contributed by atoms with Crippen molar-refractivity contribution in [2.75, 3.05) is 7.11 Å². The van der Waals surface area contributed by atoms with E-state index in [1.807, 2.05) is 0 Å². The van der Waals surface area contributed by atoms with Crippen molar-refractivity contribution in [1.82, 2.24) is 0 Å². The van der Waals surface area contributed by atoms with Gasteiger partial charge in [0.05, 0.1) is 0 Å². The molecule has 0 aliphatic heterocycles. The van der Waals surface area contributed by atoms with Crippen molar-refractivity contribution in [2.45, 2.75) is 25.4 Å². The molecule has 78 valence electrons. The fourth-order valence-electron chi connectivity index (χ4n) is 1.56. The first-order valence-corrected chi connectivity index (χ1v) is 4.56. The molecule has 1 unspecified atom stereocenters. The monoisotopic (exact) mass is 200 g/mol. The van der Waals surface area contributed by atoms with Crippen molar-refractivity contribution in [2.24, 2.45) is 0 Å². The van der Waals surface area contributed by atoms with Crippen molar-refractivity contribution in [3.63, 3.8) is 0 Å². The lowest BCUT2D eigenvalue weighted by Gasteiger charge is -2.30. The highest BCUT2D eigenvalue weighted by Gasteiger charge is 2.40. The molecule has 0 saturated heterocycles. The molecule has 0 fully saturated rings. The van der Waals surface area contributed by atoms with Crippen molar-refractivity contribution in [3.05, 3.63) is 35.9 Å². The van der Waals surface area contributed by atoms with Crippen LogP contribution in [0.15, 0.2) is 30.3 Å². The molecule has 0 aliphatic carbocycles. The summed E-state index contributed by atoms with van der Waals surface area (Å²) in [5.74, 6) is 0. The van der Waals surface area contributed by atoms with Gasteiger partial charge in [-0.05, 0) is 12.0 Å². The summed E-state index contributed by atoms with van der Waals surface area (Å²) >= 11 is 0. The first kappa shape index (κ1) is 11.1. The first-order chi connectivity index (χ1) is 6.67. The average Bonchev–Trinajstić information content (AvgIpc) is 2.22. The second-order valence-corrected chi connectivity index (χ2v) is 3.11. The van der Waals surface area contributed by atoms with E-state index in [-0.39, 0.29) is 6.42 Å². The summed E-state index contributed by atoms with van der Waals surface area (Å²) in [7, 11) is 1.32. The van der Waals surface area contributed by atoms with Crippen LogP contribution in [0.2, 0.25) is 0 Å². The van der Waals surface area contributed by atoms with Crippen LogP contribution >= 0.6 is 0 Å². The van der Waals surface area contributed by atoms with Crippen LogP contribution in [0.25, 0.3) is 0 Å². The van der Waals surface area contributed by atoms with Gasteiger partial charge in [0.1, 0.15) is 0 Å². The fourth-order valence-corrected chi connectivity index (χ4v) is 1.56. The molecule has 0 heterocycles. The SMILES string of the molecule is CCC(OC)(c1ccccc1)C(F)F. The molecule has 14 heavy (non-hydrogen) atoms. The molecule has 0 amide bonds. The Hall–Kier alpha value is -0.960. The minimum absolute atomic E-state index is 0.255. The van der Waals surface area contributed by atoms with Gasteiger partial charge in [0.15, 0.2) is 5.60 Å². The predicted octanol–water partition coefficient (Wildman–Crippen LogP) is 3.20. The smallest absolute Gasteiger partial charge is 0.271 e. The topological polar surface area (TPSA) is 9.23 Å². The number of ether oxygens (including phenoxy) is 1. The Balaban J connectivity index is 3.11. The Labute approximate surface area is 82.7 Å². The molecule has 1 rings (SSSR count). The molecule has 0 N–H and O–H groups in total. The molecule has 1 nitrogen and oxygen atoms in total. The molecule has 1 aromatic carbocycles. The molecule has 0 saturated carbocycles. The van der Waals surface area contributed by atoms with E-state index in [0.29, 0.717) is 5.56 Å². The summed E-state index contributed by atoms with van der Waals surface area (Å²) in [6.45, 7) is 1.70. The Bertz CT molecular complexity index is 268. The Kier molecular flexibility index (Phi) is 3.58. The third kappa shape index (κ3) is 1.77. The number of hydrogen-bond donors (Lipinski definition) is 0. The quantitative estimate of drug-likeness (QED) is 0.725. The van der Waals surface area contributed by atoms with E-state index in [2.05, 4.69) is 0 Å². The summed E-state index contributed by atoms with van der Waals surface area (Å²) in [6, 6.07) is 8.60. The molecule has 0 spiro atoms. The average molecular weight is 200 g/mol. The van der Waals surface area contributed by atoms with Gasteiger partial charge in [-0.1, -0.05) is 37.3 Å². The zero-order valence-electron chi connectivity index (χ0n) is 8.34. The molecular weight excluding hydrogens is 186 g/mol. The van der Waals surface area contributed by atoms with Crippen molar-refractivity contribution < 1.29 is 13.5 Å². The van der Waals surface area contributed by atoms with E-state index < -0.39 is 12.0 Å². The van der Waals surface area contributed by atoms with E-state index in [0.717, 1.165) is 0 Å². The van der Waals surface area contributed by atoms with Crippen LogP contribution in [-0.2, 0) is 10.3 Å². The van der Waals surface area contributed by atoms with E-state index in [9.17, 15) is 8.78 Å². The van der Waals surface area contributed by atoms with Crippen LogP contribution in [-0.4, -0.2) is 13.5 Å². The third-order valence-corrected chi connectivity index (χ3v) is 2.50. The first-order valence-electron chi connectivity index (χ1n) is 4.56. The lowest BCUT2D eigenvalue weighted by Crippen LogP contribution is -2.35. The zero-order valence-corrected chi connectivity index (χ0v) is 8.34. The van der Waals surface area contributed by atoms with Gasteiger partial charge in [0.25, 0.3) is 6.43 Å². The van der Waals surface area contributed by atoms with Gasteiger partial charge in [-0.15, -0.1) is 0 Å². The lowest BCUT2D eigenvalue weighted by atomic mass is 9.91. The zero-order chi connectivity index (χ0) is 10.6. The van der Waals surface area contributed by atoms with Crippen LogP contribution < -0.4 is 0 Å². The van der Waals surface area contributed by atoms with Gasteiger partial charge in [-0.3, -0.25) is 0 Å². The van der Waals surface area contributed by atoms with Gasteiger partial charge < -0.3 is 4.74 Å². The second-order valence-electron chi connectivity index (χ2n) is 3.11. The highest BCUT2D eigenvalue weighted by atomic mass is 19.3. The van der Waals surface area contributed by atoms with E-state index >= 15 is 0 Å². The van der Waals surface area contributed by atoms with E-state index in [4.69, 9.17) is 4.74 Å². The molecule has 0 aliphatic rings. The van der Waals surface area contributed by atoms with Crippen LogP contribution in [0.1, 0.15) is 18.9 Å². The number of alkyl halides is 2. The van der Waals surface area contributed by atoms with Crippen LogP contribution in [0.4, 0.5) is 8.78 Å². The van der Waals surface area contributed by atoms with Crippen molar-refractivity contribution >= 4 is 0 Å². The minimum Gasteiger partial charge on any atom is -0.368 e. The predicted molar refractivity (Wildman–Crippen MR) is 51.4 cm³/mol. The number of hydrogen-bond acceptors (Lipinski definition) is 1. The number of benzene rings is 1. The van der Waals surface area contributed by atoms with Gasteiger partial charge in [0.2, 0.25) is 0 Å². The maximum atomic E-state index is 12.9. The molecule has 0 bridgehead atoms. The normalized spacial score (nSPS) is 15.5. The number of halogens is 2. The second kappa shape index (κ2) is 4.51. The van der Waals surface area contributed by atoms with Gasteiger partial charge >= 0.3 is 0 Å². The van der Waals surface area contributed by atoms with Crippen molar-refractivity contribution in [3.8, 4) is 0 Å². The summed E-state index contributed by atoms with van der Waals surface area (Å²) in [6.07, 6.45) is -2.26. The van der Waals surface area contributed by atoms with E-state index in [1.54, 1.807) is 37.3 Å². The molecule has 1 atom stereocenters. The molecule has 1 aromatic rings.